The van der Waals surface area contributed by atoms with Crippen molar-refractivity contribution in [3.8, 4) is 0 Å². The number of carbonyl (C=O) groups excluding carboxylic acids is 2. The van der Waals surface area contributed by atoms with Crippen LogP contribution >= 0.6 is 0 Å². The highest BCUT2D eigenvalue weighted by Gasteiger charge is 2.45. The maximum atomic E-state index is 14.8. The Morgan fingerprint density at radius 1 is 0.308 bits per heavy atom. The van der Waals surface area contributed by atoms with E-state index in [4.69, 9.17) is 0 Å². The Kier molecular flexibility index (Phi) is 13.4. The molecule has 52 heavy (non-hydrogen) atoms. The first kappa shape index (κ1) is 42.1. The van der Waals surface area contributed by atoms with Crippen molar-refractivity contribution in [3.63, 3.8) is 0 Å². The molecule has 300 valence electrons. The molecule has 0 aromatic rings. The van der Waals surface area contributed by atoms with Crippen molar-refractivity contribution in [2.75, 3.05) is 0 Å². The first-order chi connectivity index (χ1) is 24.1. The summed E-state index contributed by atoms with van der Waals surface area (Å²) in [5, 5.41) is 0. The first-order valence-electron chi connectivity index (χ1n) is 22.8. The molecule has 4 heteroatoms. The first-order valence-corrected chi connectivity index (χ1v) is 22.8. The number of rotatable bonds is 6. The fourth-order valence-electron chi connectivity index (χ4n) is 12.2. The Balaban J connectivity index is 1.26. The number of hydrogen-bond acceptors (Lipinski definition) is 2. The van der Waals surface area contributed by atoms with E-state index in [1.807, 2.05) is 0 Å². The molecule has 0 N–H and O–H groups in total. The van der Waals surface area contributed by atoms with Crippen molar-refractivity contribution in [3.05, 3.63) is 0 Å². The van der Waals surface area contributed by atoms with Gasteiger partial charge in [-0.05, 0) is 174 Å². The average molecular weight is 723 g/mol. The van der Waals surface area contributed by atoms with Gasteiger partial charge in [0.05, 0.1) is 0 Å². The third kappa shape index (κ3) is 10.2. The molecule has 0 saturated heterocycles. The van der Waals surface area contributed by atoms with E-state index in [1.165, 1.54) is 103 Å². The van der Waals surface area contributed by atoms with Crippen molar-refractivity contribution in [1.82, 2.24) is 9.80 Å². The lowest BCUT2D eigenvalue weighted by atomic mass is 9.69. The summed E-state index contributed by atoms with van der Waals surface area (Å²) in [4.78, 5) is 34.6. The van der Waals surface area contributed by atoms with Gasteiger partial charge in [-0.25, -0.2) is 0 Å². The normalized spacial score (nSPS) is 35.8. The predicted molar refractivity (Wildman–Crippen MR) is 220 cm³/mol. The molecular formula is C48H86N2O2. The van der Waals surface area contributed by atoms with Gasteiger partial charge in [0.15, 0.2) is 0 Å². The topological polar surface area (TPSA) is 40.6 Å². The van der Waals surface area contributed by atoms with Crippen molar-refractivity contribution in [1.29, 1.82) is 0 Å². The van der Waals surface area contributed by atoms with Crippen LogP contribution in [0.4, 0.5) is 0 Å². The van der Waals surface area contributed by atoms with Gasteiger partial charge >= 0.3 is 0 Å². The lowest BCUT2D eigenvalue weighted by molar-refractivity contribution is -0.149. The molecule has 0 heterocycles. The Hall–Kier alpha value is -1.06. The molecule has 4 nitrogen and oxygen atoms in total. The Labute approximate surface area is 323 Å². The van der Waals surface area contributed by atoms with E-state index in [0.29, 0.717) is 57.6 Å². The fourth-order valence-corrected chi connectivity index (χ4v) is 12.2. The van der Waals surface area contributed by atoms with E-state index < -0.39 is 0 Å². The molecule has 0 unspecified atom stereocenters. The minimum absolute atomic E-state index is 0.0997. The number of nitrogens with zero attached hydrogens (tertiary/aromatic N) is 2. The van der Waals surface area contributed by atoms with Crippen LogP contribution in [0.15, 0.2) is 0 Å². The van der Waals surface area contributed by atoms with Gasteiger partial charge in [-0.2, -0.15) is 0 Å². The van der Waals surface area contributed by atoms with Gasteiger partial charge in [0.25, 0.3) is 0 Å². The summed E-state index contributed by atoms with van der Waals surface area (Å²) in [7, 11) is 0. The summed E-state index contributed by atoms with van der Waals surface area (Å²) < 4.78 is 0. The maximum Gasteiger partial charge on any atom is 0.226 e. The van der Waals surface area contributed by atoms with Crippen LogP contribution in [0.3, 0.4) is 0 Å². The average Bonchev–Trinajstić information content (AvgIpc) is 3.08. The Morgan fingerprint density at radius 2 is 0.481 bits per heavy atom. The monoisotopic (exact) mass is 723 g/mol. The molecule has 0 radical (unpaired) electrons. The highest BCUT2D eigenvalue weighted by molar-refractivity contribution is 5.82. The van der Waals surface area contributed by atoms with Gasteiger partial charge in [0.2, 0.25) is 11.8 Å². The van der Waals surface area contributed by atoms with Crippen molar-refractivity contribution in [2.45, 2.75) is 236 Å². The minimum Gasteiger partial charge on any atom is -0.336 e. The van der Waals surface area contributed by atoms with Crippen LogP contribution in [-0.2, 0) is 9.59 Å². The summed E-state index contributed by atoms with van der Waals surface area (Å²) >= 11 is 0. The van der Waals surface area contributed by atoms with Gasteiger partial charge in [-0.3, -0.25) is 9.59 Å². The van der Waals surface area contributed by atoms with Crippen molar-refractivity contribution in [2.24, 2.45) is 57.2 Å². The SMILES string of the molecule is CC(C)(C)C1CCC(N(C(=O)C2CCC(C(=O)N(C3CCC(C(C)(C)C)CC3)C3CCC(C(C)(C)C)CC3)CC2)C2CCC(C(C)(C)C)CC2)CC1. The maximum absolute atomic E-state index is 14.8. The second-order valence-corrected chi connectivity index (χ2v) is 23.5. The molecule has 2 amide bonds. The molecule has 0 aliphatic heterocycles. The molecule has 0 aromatic heterocycles. The summed E-state index contributed by atoms with van der Waals surface area (Å²) in [5.74, 6) is 4.15. The van der Waals surface area contributed by atoms with E-state index in [1.54, 1.807) is 0 Å². The van der Waals surface area contributed by atoms with Crippen LogP contribution in [0.25, 0.3) is 0 Å². The predicted octanol–water partition coefficient (Wildman–Crippen LogP) is 12.9. The summed E-state index contributed by atoms with van der Waals surface area (Å²) in [6.07, 6.45) is 23.0. The standard InChI is InChI=1S/C48H86N2O2/c1-45(2,3)35-17-25-39(26-18-35)49(40-27-19-36(20-28-40)46(4,5)6)43(51)33-13-15-34(16-14-33)44(52)50(41-29-21-37(22-30-41)47(7,8)9)42-31-23-38(24-32-42)48(10,11)12/h33-42H,13-32H2,1-12H3. The van der Waals surface area contributed by atoms with Crippen LogP contribution in [0.5, 0.6) is 0 Å². The number of carbonyl (C=O) groups is 2. The van der Waals surface area contributed by atoms with E-state index in [0.717, 1.165) is 49.4 Å². The van der Waals surface area contributed by atoms with E-state index in [2.05, 4.69) is 92.9 Å². The second-order valence-electron chi connectivity index (χ2n) is 23.5. The van der Waals surface area contributed by atoms with Gasteiger partial charge < -0.3 is 9.80 Å². The van der Waals surface area contributed by atoms with Crippen molar-refractivity contribution < 1.29 is 9.59 Å². The zero-order chi connectivity index (χ0) is 38.2. The number of hydrogen-bond donors (Lipinski definition) is 0. The fraction of sp³-hybridized carbons (Fsp3) is 0.958. The molecule has 0 spiro atoms. The van der Waals surface area contributed by atoms with Gasteiger partial charge in [-0.15, -0.1) is 0 Å². The zero-order valence-electron chi connectivity index (χ0n) is 36.6. The molecule has 0 aromatic carbocycles. The van der Waals surface area contributed by atoms with E-state index in [9.17, 15) is 9.59 Å². The molecule has 5 rings (SSSR count). The van der Waals surface area contributed by atoms with E-state index in [-0.39, 0.29) is 11.8 Å². The highest BCUT2D eigenvalue weighted by Crippen LogP contribution is 2.47. The van der Waals surface area contributed by atoms with Gasteiger partial charge in [0, 0.05) is 36.0 Å². The van der Waals surface area contributed by atoms with E-state index >= 15 is 0 Å². The van der Waals surface area contributed by atoms with Gasteiger partial charge in [-0.1, -0.05) is 83.1 Å². The van der Waals surface area contributed by atoms with Crippen molar-refractivity contribution >= 4 is 11.8 Å². The molecule has 5 aliphatic rings. The van der Waals surface area contributed by atoms with Crippen LogP contribution < -0.4 is 0 Å². The lowest BCUT2D eigenvalue weighted by Gasteiger charge is -2.49. The van der Waals surface area contributed by atoms with Crippen LogP contribution in [-0.4, -0.2) is 45.8 Å². The van der Waals surface area contributed by atoms with Crippen LogP contribution in [0.2, 0.25) is 0 Å². The second kappa shape index (κ2) is 16.6. The van der Waals surface area contributed by atoms with Gasteiger partial charge in [0.1, 0.15) is 0 Å². The Bertz CT molecular complexity index is 979. The largest absolute Gasteiger partial charge is 0.336 e. The molecular weight excluding hydrogens is 637 g/mol. The molecule has 5 aliphatic carbocycles. The summed E-state index contributed by atoms with van der Waals surface area (Å²) in [5.41, 5.74) is 1.39. The number of amides is 2. The third-order valence-corrected chi connectivity index (χ3v) is 16.2. The highest BCUT2D eigenvalue weighted by atomic mass is 16.2. The summed E-state index contributed by atoms with van der Waals surface area (Å²) in [6, 6.07) is 1.62. The third-order valence-electron chi connectivity index (χ3n) is 16.2. The molecule has 5 fully saturated rings. The lowest BCUT2D eigenvalue weighted by Crippen LogP contribution is -2.54. The zero-order valence-corrected chi connectivity index (χ0v) is 36.6. The molecule has 5 saturated carbocycles. The van der Waals surface area contributed by atoms with Crippen LogP contribution in [0.1, 0.15) is 212 Å². The Morgan fingerprint density at radius 3 is 0.635 bits per heavy atom. The molecule has 0 atom stereocenters. The van der Waals surface area contributed by atoms with Crippen LogP contribution in [0, 0.1) is 57.2 Å². The minimum atomic E-state index is 0.0997. The molecule has 0 bridgehead atoms. The quantitative estimate of drug-likeness (QED) is 0.274. The smallest absolute Gasteiger partial charge is 0.226 e. The summed E-state index contributed by atoms with van der Waals surface area (Å²) in [6.45, 7) is 28.9.